The first-order valence-electron chi connectivity index (χ1n) is 7.79. The van der Waals surface area contributed by atoms with Crippen molar-refractivity contribution in [3.8, 4) is 0 Å². The van der Waals surface area contributed by atoms with Gasteiger partial charge in [-0.05, 0) is 19.4 Å². The predicted octanol–water partition coefficient (Wildman–Crippen LogP) is 3.66. The summed E-state index contributed by atoms with van der Waals surface area (Å²) in [6, 6.07) is 5.58. The van der Waals surface area contributed by atoms with Crippen molar-refractivity contribution in [2.75, 3.05) is 0 Å². The van der Waals surface area contributed by atoms with Crippen molar-refractivity contribution in [3.05, 3.63) is 70.0 Å². The molecule has 1 unspecified atom stereocenters. The largest absolute Gasteiger partial charge is 0.325 e. The summed E-state index contributed by atoms with van der Waals surface area (Å²) in [5.74, 6) is -11.6. The molecule has 9 heteroatoms. The first-order chi connectivity index (χ1) is 12.6. The second-order valence-electron chi connectivity index (χ2n) is 6.36. The van der Waals surface area contributed by atoms with Crippen LogP contribution in [0.2, 0.25) is 0 Å². The summed E-state index contributed by atoms with van der Waals surface area (Å²) in [4.78, 5) is 25.3. The van der Waals surface area contributed by atoms with E-state index in [1.807, 2.05) is 6.92 Å². The maximum absolute atomic E-state index is 13.9. The van der Waals surface area contributed by atoms with Crippen LogP contribution in [0, 0.1) is 36.0 Å². The van der Waals surface area contributed by atoms with Crippen LogP contribution in [0.3, 0.4) is 0 Å². The van der Waals surface area contributed by atoms with Crippen LogP contribution >= 0.6 is 0 Å². The fourth-order valence-corrected chi connectivity index (χ4v) is 2.87. The molecule has 0 radical (unpaired) electrons. The van der Waals surface area contributed by atoms with E-state index in [0.29, 0.717) is 10.5 Å². The molecule has 0 spiro atoms. The minimum absolute atomic E-state index is 0.409. The molecule has 1 atom stereocenters. The molecule has 3 amide bonds. The maximum atomic E-state index is 13.9. The molecule has 1 heterocycles. The van der Waals surface area contributed by atoms with Crippen molar-refractivity contribution in [2.45, 2.75) is 25.9 Å². The summed E-state index contributed by atoms with van der Waals surface area (Å²) in [6.45, 7) is 2.10. The quantitative estimate of drug-likeness (QED) is 0.380. The third-order valence-electron chi connectivity index (χ3n) is 4.52. The van der Waals surface area contributed by atoms with E-state index in [9.17, 15) is 31.5 Å². The molecule has 2 aromatic carbocycles. The van der Waals surface area contributed by atoms with Crippen molar-refractivity contribution < 1.29 is 31.5 Å². The minimum Gasteiger partial charge on any atom is -0.319 e. The lowest BCUT2D eigenvalue weighted by Crippen LogP contribution is -2.40. The third kappa shape index (κ3) is 2.83. The fraction of sp³-hybridized carbons (Fsp3) is 0.222. The van der Waals surface area contributed by atoms with E-state index >= 15 is 0 Å². The normalized spacial score (nSPS) is 19.6. The standard InChI is InChI=1S/C18H13F5N2O2/c1-8-3-5-9(6-4-8)18(2)16(26)25(17(27)24-18)7-10-11(19)13(21)15(23)14(22)12(10)20/h3-6H,7H2,1-2H3,(H,24,27). The van der Waals surface area contributed by atoms with Crippen LogP contribution in [-0.2, 0) is 16.9 Å². The van der Waals surface area contributed by atoms with Crippen molar-refractivity contribution >= 4 is 11.9 Å². The molecule has 1 aliphatic heterocycles. The van der Waals surface area contributed by atoms with Crippen LogP contribution in [0.15, 0.2) is 24.3 Å². The molecule has 2 aromatic rings. The number of amides is 3. The summed E-state index contributed by atoms with van der Waals surface area (Å²) in [5, 5.41) is 2.40. The Labute approximate surface area is 150 Å². The molecule has 1 aliphatic rings. The zero-order valence-corrected chi connectivity index (χ0v) is 14.2. The van der Waals surface area contributed by atoms with Crippen molar-refractivity contribution in [1.29, 1.82) is 0 Å². The van der Waals surface area contributed by atoms with E-state index in [2.05, 4.69) is 5.32 Å². The number of nitrogens with one attached hydrogen (secondary N) is 1. The van der Waals surface area contributed by atoms with Crippen molar-refractivity contribution in [1.82, 2.24) is 10.2 Å². The van der Waals surface area contributed by atoms with Gasteiger partial charge in [-0.25, -0.2) is 26.7 Å². The number of urea groups is 1. The van der Waals surface area contributed by atoms with E-state index in [-0.39, 0.29) is 0 Å². The van der Waals surface area contributed by atoms with Gasteiger partial charge < -0.3 is 5.32 Å². The SMILES string of the molecule is Cc1ccc(C2(C)NC(=O)N(Cc3c(F)c(F)c(F)c(F)c3F)C2=O)cc1. The Morgan fingerprint density at radius 2 is 1.37 bits per heavy atom. The molecule has 1 saturated heterocycles. The first-order valence-corrected chi connectivity index (χ1v) is 7.79. The Morgan fingerprint density at radius 1 is 0.889 bits per heavy atom. The van der Waals surface area contributed by atoms with Gasteiger partial charge in [-0.1, -0.05) is 29.8 Å². The molecule has 1 fully saturated rings. The van der Waals surface area contributed by atoms with E-state index < -0.39 is 58.7 Å². The average Bonchev–Trinajstić information content (AvgIpc) is 2.86. The van der Waals surface area contributed by atoms with Gasteiger partial charge in [0.05, 0.1) is 6.54 Å². The molecule has 1 N–H and O–H groups in total. The number of nitrogens with zero attached hydrogens (tertiary/aromatic N) is 1. The summed E-state index contributed by atoms with van der Waals surface area (Å²) >= 11 is 0. The highest BCUT2D eigenvalue weighted by Crippen LogP contribution is 2.31. The molecule has 0 saturated carbocycles. The smallest absolute Gasteiger partial charge is 0.319 e. The van der Waals surface area contributed by atoms with Gasteiger partial charge in [-0.2, -0.15) is 0 Å². The second kappa shape index (κ2) is 6.33. The molecule has 4 nitrogen and oxygen atoms in total. The monoisotopic (exact) mass is 384 g/mol. The van der Waals surface area contributed by atoms with Gasteiger partial charge in [-0.3, -0.25) is 9.69 Å². The number of benzene rings is 2. The molecule has 0 bridgehead atoms. The van der Waals surface area contributed by atoms with Crippen molar-refractivity contribution in [3.63, 3.8) is 0 Å². The highest BCUT2D eigenvalue weighted by molar-refractivity contribution is 6.07. The van der Waals surface area contributed by atoms with Gasteiger partial charge in [0.1, 0.15) is 5.54 Å². The Morgan fingerprint density at radius 3 is 1.89 bits per heavy atom. The zero-order valence-electron chi connectivity index (χ0n) is 14.2. The highest BCUT2D eigenvalue weighted by atomic mass is 19.2. The van der Waals surface area contributed by atoms with Crippen LogP contribution < -0.4 is 5.32 Å². The van der Waals surface area contributed by atoms with E-state index in [4.69, 9.17) is 0 Å². The van der Waals surface area contributed by atoms with Crippen LogP contribution in [0.4, 0.5) is 26.7 Å². The van der Waals surface area contributed by atoms with Crippen LogP contribution in [0.25, 0.3) is 0 Å². The molecule has 142 valence electrons. The topological polar surface area (TPSA) is 49.4 Å². The summed E-state index contributed by atoms with van der Waals surface area (Å²) < 4.78 is 67.6. The van der Waals surface area contributed by atoms with Gasteiger partial charge in [0, 0.05) is 5.56 Å². The van der Waals surface area contributed by atoms with E-state index in [1.54, 1.807) is 24.3 Å². The molecular formula is C18H13F5N2O2. The van der Waals surface area contributed by atoms with E-state index in [1.165, 1.54) is 6.92 Å². The second-order valence-corrected chi connectivity index (χ2v) is 6.36. The van der Waals surface area contributed by atoms with Gasteiger partial charge in [-0.15, -0.1) is 0 Å². The Bertz CT molecular complexity index is 932. The summed E-state index contributed by atoms with van der Waals surface area (Å²) in [7, 11) is 0. The predicted molar refractivity (Wildman–Crippen MR) is 83.8 cm³/mol. The molecule has 27 heavy (non-hydrogen) atoms. The summed E-state index contributed by atoms with van der Waals surface area (Å²) in [6.07, 6.45) is 0. The number of carbonyl (C=O) groups is 2. The molecule has 0 aromatic heterocycles. The Hall–Kier alpha value is -2.97. The van der Waals surface area contributed by atoms with Gasteiger partial charge in [0.25, 0.3) is 5.91 Å². The van der Waals surface area contributed by atoms with Crippen LogP contribution in [0.1, 0.15) is 23.6 Å². The van der Waals surface area contributed by atoms with Gasteiger partial charge in [0.2, 0.25) is 5.82 Å². The highest BCUT2D eigenvalue weighted by Gasteiger charge is 2.49. The average molecular weight is 384 g/mol. The lowest BCUT2D eigenvalue weighted by Gasteiger charge is -2.22. The van der Waals surface area contributed by atoms with Gasteiger partial charge in [0.15, 0.2) is 23.3 Å². The number of aryl methyl sites for hydroxylation is 1. The first kappa shape index (κ1) is 18.8. The number of hydrogen-bond acceptors (Lipinski definition) is 2. The molecule has 0 aliphatic carbocycles. The number of halogens is 5. The van der Waals surface area contributed by atoms with Crippen LogP contribution in [-0.4, -0.2) is 16.8 Å². The number of hydrogen-bond donors (Lipinski definition) is 1. The number of rotatable bonds is 3. The van der Waals surface area contributed by atoms with E-state index in [0.717, 1.165) is 5.56 Å². The van der Waals surface area contributed by atoms with Crippen LogP contribution in [0.5, 0.6) is 0 Å². The Balaban J connectivity index is 1.99. The Kier molecular flexibility index (Phi) is 4.41. The molecule has 3 rings (SSSR count). The lowest BCUT2D eigenvalue weighted by atomic mass is 9.91. The maximum Gasteiger partial charge on any atom is 0.325 e. The zero-order chi connectivity index (χ0) is 20.1. The minimum atomic E-state index is -2.31. The third-order valence-corrected chi connectivity index (χ3v) is 4.52. The number of imide groups is 1. The number of carbonyl (C=O) groups excluding carboxylic acids is 2. The van der Waals surface area contributed by atoms with Gasteiger partial charge >= 0.3 is 6.03 Å². The summed E-state index contributed by atoms with van der Waals surface area (Å²) in [5.41, 5.74) is -1.48. The lowest BCUT2D eigenvalue weighted by molar-refractivity contribution is -0.131. The fourth-order valence-electron chi connectivity index (χ4n) is 2.87. The molecular weight excluding hydrogens is 371 g/mol. The van der Waals surface area contributed by atoms with Crippen molar-refractivity contribution in [2.24, 2.45) is 0 Å².